The van der Waals surface area contributed by atoms with Crippen molar-refractivity contribution in [2.45, 2.75) is 74.1 Å². The number of anilines is 4. The van der Waals surface area contributed by atoms with Crippen molar-refractivity contribution < 1.29 is 73.5 Å². The van der Waals surface area contributed by atoms with Crippen molar-refractivity contribution in [1.82, 2.24) is 34.9 Å². The van der Waals surface area contributed by atoms with E-state index in [-0.39, 0.29) is 55.9 Å². The lowest BCUT2D eigenvalue weighted by atomic mass is 9.68. The van der Waals surface area contributed by atoms with Gasteiger partial charge in [0.1, 0.15) is 5.82 Å². The Morgan fingerprint density at radius 3 is 1.28 bits per heavy atom. The number of nitrogens with two attached hydrogens (primary N) is 1. The van der Waals surface area contributed by atoms with E-state index in [1.54, 1.807) is 17.0 Å². The largest absolute Gasteiger partial charge is 0.384 e. The third-order valence-electron chi connectivity index (χ3n) is 13.7. The van der Waals surface area contributed by atoms with Crippen LogP contribution >= 0.6 is 0 Å². The zero-order valence-electron chi connectivity index (χ0n) is 45.7. The van der Waals surface area contributed by atoms with E-state index in [4.69, 9.17) is 5.73 Å². The van der Waals surface area contributed by atoms with Crippen LogP contribution in [0.4, 0.5) is 79.8 Å². The van der Waals surface area contributed by atoms with E-state index in [2.05, 4.69) is 25.3 Å². The lowest BCUT2D eigenvalue weighted by molar-refractivity contribution is -0.389. The number of aromatic nitrogens is 4. The van der Waals surface area contributed by atoms with Crippen LogP contribution in [0, 0.1) is 48.0 Å². The molecule has 8 heterocycles. The Kier molecular flexibility index (Phi) is 26.6. The number of carbonyl (C=O) groups is 4. The summed E-state index contributed by atoms with van der Waals surface area (Å²) in [6.45, 7) is 0.155. The van der Waals surface area contributed by atoms with Crippen molar-refractivity contribution in [2.75, 3.05) is 86.9 Å². The fourth-order valence-corrected chi connectivity index (χ4v) is 9.22. The lowest BCUT2D eigenvalue weighted by Gasteiger charge is -2.42. The number of pyridine rings is 4. The predicted octanol–water partition coefficient (Wildman–Crippen LogP) is 5.00. The van der Waals surface area contributed by atoms with Gasteiger partial charge >= 0.3 is 17.5 Å². The van der Waals surface area contributed by atoms with E-state index in [0.717, 1.165) is 33.2 Å². The monoisotopic (exact) mass is 1200 g/mol. The molecule has 37 heteroatoms. The third-order valence-corrected chi connectivity index (χ3v) is 13.7. The van der Waals surface area contributed by atoms with E-state index in [1.165, 1.54) is 90.9 Å². The van der Waals surface area contributed by atoms with Gasteiger partial charge in [-0.25, -0.2) is 44.5 Å². The summed E-state index contributed by atoms with van der Waals surface area (Å²) in [5.74, 6) is -14.2. The minimum atomic E-state index is -3.02. The maximum Gasteiger partial charge on any atom is 0.363 e. The second-order valence-corrected chi connectivity index (χ2v) is 19.5. The second-order valence-electron chi connectivity index (χ2n) is 19.5. The highest BCUT2D eigenvalue weighted by Crippen LogP contribution is 2.38. The summed E-state index contributed by atoms with van der Waals surface area (Å²) in [5.41, 5.74) is 6.94. The number of nitrogens with zero attached hydrogens (tertiary/aromatic N) is 12. The van der Waals surface area contributed by atoms with Gasteiger partial charge in [-0.2, -0.15) is 0 Å². The maximum atomic E-state index is 14.2. The first-order chi connectivity index (χ1) is 40.1. The van der Waals surface area contributed by atoms with Gasteiger partial charge < -0.3 is 84.9 Å². The average Bonchev–Trinajstić information content (AvgIpc) is 2.47. The number of carbonyl (C=O) groups excluding carboxylic acids is 4. The molecule has 3 N–H and O–H groups in total. The van der Waals surface area contributed by atoms with E-state index >= 15 is 0 Å². The first-order valence-corrected chi connectivity index (χ1v) is 25.8. The Labute approximate surface area is 483 Å². The van der Waals surface area contributed by atoms with Crippen LogP contribution in [-0.4, -0.2) is 201 Å². The molecule has 0 aliphatic carbocycles. The van der Waals surface area contributed by atoms with Gasteiger partial charge in [-0.3, -0.25) is 0 Å². The van der Waals surface area contributed by atoms with E-state index in [1.807, 2.05) is 0 Å². The molecule has 0 bridgehead atoms. The Bertz CT molecular complexity index is 2810. The minimum absolute atomic E-state index is 0.0584. The molecule has 0 spiro atoms. The highest BCUT2D eigenvalue weighted by atomic mass is 19.3. The maximum absolute atomic E-state index is 14.2. The Morgan fingerprint density at radius 1 is 0.565 bits per heavy atom. The summed E-state index contributed by atoms with van der Waals surface area (Å²) >= 11 is 0. The standard InChI is InChI=1S/C12H14BF2N4O3.C12H16BF2N4O.C12H13BF2N3O3.C7H11BF2NO.C5H3FN2O2/c1-17(13-8-20)10-4-5-18(7-12(10,14)15)9-2-3-11(16-6-9)19(21)22;1-18(13-8-20)10-4-5-19(7-12(10,14)15)9-2-3-11(16)17-6-9;14-12(15)7-17(4-3-9(12)5-13-8-19)10-1-2-11(16-6-10)18(20)21;9-7(10)4-11-2-1-6(7)3-8-5-12;6-4-1-2-5(7-3-4)8(9)10/h2-3,6,8,10H,4-5,7H2,1H3;2-3,6,8,10H,4-5,7H2,1H3,(H2,16,17);1-2,6,8-9H,3-5,7H2;5-6,11H,1-4H2;1-3H. The van der Waals surface area contributed by atoms with Gasteiger partial charge in [-0.05, 0) is 106 Å². The van der Waals surface area contributed by atoms with Crippen LogP contribution in [0.25, 0.3) is 0 Å². The van der Waals surface area contributed by atoms with Crippen molar-refractivity contribution >= 4 is 94.5 Å². The fourth-order valence-electron chi connectivity index (χ4n) is 9.22. The molecule has 4 aromatic rings. The molecule has 0 amide bonds. The quantitative estimate of drug-likeness (QED) is 0.0435. The Hall–Kier alpha value is -7.81. The van der Waals surface area contributed by atoms with Crippen LogP contribution in [0.5, 0.6) is 0 Å². The van der Waals surface area contributed by atoms with Gasteiger partial charge in [0, 0.05) is 49.7 Å². The third kappa shape index (κ3) is 21.3. The number of alkyl halides is 8. The first kappa shape index (κ1) is 69.7. The van der Waals surface area contributed by atoms with Crippen LogP contribution in [0.3, 0.4) is 0 Å². The van der Waals surface area contributed by atoms with Gasteiger partial charge in [0.25, 0.3) is 38.5 Å². The highest BCUT2D eigenvalue weighted by Gasteiger charge is 2.48. The average molecular weight is 1200 g/mol. The molecule has 85 heavy (non-hydrogen) atoms. The van der Waals surface area contributed by atoms with Gasteiger partial charge in [-0.1, -0.05) is 12.6 Å². The molecule has 24 nitrogen and oxygen atoms in total. The molecular formula is C48H57B4F9N14O10. The summed E-state index contributed by atoms with van der Waals surface area (Å²) in [4.78, 5) is 91.4. The molecule has 4 radical (unpaired) electrons. The molecule has 0 aromatic carbocycles. The molecule has 4 aliphatic rings. The van der Waals surface area contributed by atoms with Crippen LogP contribution in [0.15, 0.2) is 73.3 Å². The fraction of sp³-hybridized carbons (Fsp3) is 0.500. The zero-order valence-corrected chi connectivity index (χ0v) is 45.7. The first-order valence-electron chi connectivity index (χ1n) is 25.8. The normalized spacial score (nSPS) is 20.7. The van der Waals surface area contributed by atoms with Gasteiger partial charge in [0.2, 0.25) is 0 Å². The lowest BCUT2D eigenvalue weighted by Crippen LogP contribution is -2.58. The highest BCUT2D eigenvalue weighted by molar-refractivity contribution is 6.67. The predicted molar refractivity (Wildman–Crippen MR) is 299 cm³/mol. The molecule has 0 saturated carbocycles. The Balaban J connectivity index is 0.000000234. The topological polar surface area (TPSA) is 304 Å². The van der Waals surface area contributed by atoms with Gasteiger partial charge in [0.05, 0.1) is 86.3 Å². The molecule has 454 valence electrons. The number of hydrogen-bond donors (Lipinski definition) is 2. The summed E-state index contributed by atoms with van der Waals surface area (Å²) < 4.78 is 123. The molecule has 4 unspecified atom stereocenters. The minimum Gasteiger partial charge on any atom is -0.384 e. The number of halogens is 9. The summed E-state index contributed by atoms with van der Waals surface area (Å²) in [7, 11) is 7.63. The number of nitrogen functional groups attached to an aromatic ring is 1. The van der Waals surface area contributed by atoms with Gasteiger partial charge in [0.15, 0.2) is 39.0 Å². The van der Waals surface area contributed by atoms with Crippen LogP contribution in [0.1, 0.15) is 25.7 Å². The van der Waals surface area contributed by atoms with Gasteiger partial charge in [-0.15, -0.1) is 0 Å². The number of nitro groups is 3. The van der Waals surface area contributed by atoms with Crippen molar-refractivity contribution in [1.29, 1.82) is 0 Å². The van der Waals surface area contributed by atoms with Crippen molar-refractivity contribution in [2.24, 2.45) is 11.8 Å². The number of rotatable bonds is 18. The Morgan fingerprint density at radius 2 is 0.953 bits per heavy atom. The summed E-state index contributed by atoms with van der Waals surface area (Å²) in [6.07, 6.45) is 8.21. The molecule has 4 saturated heterocycles. The van der Waals surface area contributed by atoms with E-state index in [9.17, 15) is 89.0 Å². The molecule has 4 aliphatic heterocycles. The van der Waals surface area contributed by atoms with Crippen LogP contribution in [-0.2, 0) is 19.2 Å². The number of hydrogen-bond acceptors (Lipinski definition) is 21. The second kappa shape index (κ2) is 32.5. The van der Waals surface area contributed by atoms with Crippen LogP contribution in [0.2, 0.25) is 12.6 Å². The van der Waals surface area contributed by atoms with Crippen LogP contribution < -0.4 is 25.8 Å². The molecule has 4 aromatic heterocycles. The SMILES string of the molecule is CN([B]C=O)C1CCN(c2ccc(N)nc2)CC1(F)F.CN([B]C=O)C1CCN(c2ccc([N+](=O)[O-])nc2)CC1(F)F.O=C[B]CC1CCN(c2ccc([N+](=O)[O-])nc2)CC1(F)F.O=C[B]CC1CCNCC1(F)F.O=[N+]([O-])c1ccc(F)cn1. The summed E-state index contributed by atoms with van der Waals surface area (Å²) in [6, 6.07) is 8.45. The molecular weight excluding hydrogens is 1150 g/mol. The molecule has 4 atom stereocenters. The number of nitrogens with one attached hydrogen (secondary N) is 1. The van der Waals surface area contributed by atoms with Crippen molar-refractivity contribution in [3.8, 4) is 0 Å². The van der Waals surface area contributed by atoms with E-state index in [0.29, 0.717) is 80.2 Å². The van der Waals surface area contributed by atoms with Crippen molar-refractivity contribution in [3.05, 3.63) is 109 Å². The number of piperidine rings is 4. The summed E-state index contributed by atoms with van der Waals surface area (Å²) in [5, 5.41) is 33.6. The molecule has 4 fully saturated rings. The van der Waals surface area contributed by atoms with Crippen molar-refractivity contribution in [3.63, 3.8) is 0 Å². The van der Waals surface area contributed by atoms with E-state index < -0.39 is 87.8 Å². The zero-order chi connectivity index (χ0) is 63.1. The smallest absolute Gasteiger partial charge is 0.363 e. The molecule has 8 rings (SSSR count).